The van der Waals surface area contributed by atoms with E-state index in [1.165, 1.54) is 14.2 Å². The Labute approximate surface area is 162 Å². The Hall–Kier alpha value is -2.93. The van der Waals surface area contributed by atoms with Gasteiger partial charge in [0.25, 0.3) is 0 Å². The smallest absolute Gasteiger partial charge is 0.338 e. The lowest BCUT2D eigenvalue weighted by molar-refractivity contribution is -0.114. The molecule has 0 fully saturated rings. The fourth-order valence-electron chi connectivity index (χ4n) is 2.28. The van der Waals surface area contributed by atoms with Crippen LogP contribution in [0.2, 0.25) is 5.02 Å². The van der Waals surface area contributed by atoms with Gasteiger partial charge in [-0.05, 0) is 31.2 Å². The molecule has 2 aromatic carbocycles. The van der Waals surface area contributed by atoms with E-state index in [4.69, 9.17) is 25.8 Å². The highest BCUT2D eigenvalue weighted by atomic mass is 35.5. The zero-order valence-electron chi connectivity index (χ0n) is 15.3. The lowest BCUT2D eigenvalue weighted by atomic mass is 10.2. The maximum Gasteiger partial charge on any atom is 0.338 e. The highest BCUT2D eigenvalue weighted by Crippen LogP contribution is 2.35. The van der Waals surface area contributed by atoms with Gasteiger partial charge in [-0.15, -0.1) is 0 Å². The lowest BCUT2D eigenvalue weighted by Gasteiger charge is -2.14. The van der Waals surface area contributed by atoms with Crippen LogP contribution in [0.15, 0.2) is 36.4 Å². The number of carbonyl (C=O) groups excluding carboxylic acids is 2. The van der Waals surface area contributed by atoms with Crippen molar-refractivity contribution in [3.8, 4) is 11.5 Å². The summed E-state index contributed by atoms with van der Waals surface area (Å²) in [7, 11) is 3.01. The van der Waals surface area contributed by atoms with E-state index >= 15 is 0 Å². The van der Waals surface area contributed by atoms with E-state index in [1.54, 1.807) is 43.3 Å². The Bertz CT molecular complexity index is 808. The first-order chi connectivity index (χ1) is 13.0. The molecule has 0 aliphatic carbocycles. The number of rotatable bonds is 8. The molecule has 0 unspecified atom stereocenters. The Morgan fingerprint density at radius 3 is 2.30 bits per heavy atom. The summed E-state index contributed by atoms with van der Waals surface area (Å²) in [5.74, 6) is 0.290. The van der Waals surface area contributed by atoms with E-state index in [2.05, 4.69) is 10.6 Å². The van der Waals surface area contributed by atoms with Crippen LogP contribution < -0.4 is 20.1 Å². The van der Waals surface area contributed by atoms with Crippen LogP contribution in [0.4, 0.5) is 11.4 Å². The highest BCUT2D eigenvalue weighted by molar-refractivity contribution is 6.32. The second-order valence-corrected chi connectivity index (χ2v) is 5.79. The minimum atomic E-state index is -0.402. The molecular formula is C19H21ClN2O5. The normalized spacial score (nSPS) is 10.1. The van der Waals surface area contributed by atoms with Crippen LogP contribution in [-0.4, -0.2) is 39.2 Å². The summed E-state index contributed by atoms with van der Waals surface area (Å²) in [6.45, 7) is 2.05. The molecule has 0 heterocycles. The number of methoxy groups -OCH3 is 2. The van der Waals surface area contributed by atoms with Gasteiger partial charge in [0.2, 0.25) is 5.91 Å². The summed E-state index contributed by atoms with van der Waals surface area (Å²) in [5.41, 5.74) is 1.56. The molecule has 0 saturated heterocycles. The van der Waals surface area contributed by atoms with Crippen LogP contribution in [-0.2, 0) is 9.53 Å². The number of carbonyl (C=O) groups is 2. The standard InChI is InChI=1S/C19H21ClN2O5/c1-4-27-19(24)12-5-7-13(8-6-12)22-18(23)11-21-15-10-16(25-2)14(20)9-17(15)26-3/h5-10,21H,4,11H2,1-3H3,(H,22,23). The predicted octanol–water partition coefficient (Wildman–Crippen LogP) is 3.58. The van der Waals surface area contributed by atoms with Gasteiger partial charge in [-0.1, -0.05) is 11.6 Å². The third-order valence-corrected chi connectivity index (χ3v) is 3.89. The van der Waals surface area contributed by atoms with E-state index in [0.717, 1.165) is 0 Å². The van der Waals surface area contributed by atoms with Gasteiger partial charge in [0.15, 0.2) is 0 Å². The second-order valence-electron chi connectivity index (χ2n) is 5.39. The van der Waals surface area contributed by atoms with Crippen molar-refractivity contribution in [2.75, 3.05) is 38.0 Å². The van der Waals surface area contributed by atoms with Crippen molar-refractivity contribution in [1.82, 2.24) is 0 Å². The molecule has 0 radical (unpaired) electrons. The molecule has 2 N–H and O–H groups in total. The van der Waals surface area contributed by atoms with E-state index in [-0.39, 0.29) is 12.5 Å². The van der Waals surface area contributed by atoms with E-state index < -0.39 is 5.97 Å². The van der Waals surface area contributed by atoms with Gasteiger partial charge < -0.3 is 24.8 Å². The molecule has 8 heteroatoms. The largest absolute Gasteiger partial charge is 0.495 e. The third kappa shape index (κ3) is 5.52. The number of halogens is 1. The molecule has 0 aliphatic rings. The molecule has 7 nitrogen and oxygen atoms in total. The van der Waals surface area contributed by atoms with Crippen molar-refractivity contribution in [2.24, 2.45) is 0 Å². The van der Waals surface area contributed by atoms with Crippen molar-refractivity contribution >= 4 is 34.9 Å². The Balaban J connectivity index is 1.97. The Morgan fingerprint density at radius 2 is 1.70 bits per heavy atom. The van der Waals surface area contributed by atoms with E-state index in [1.807, 2.05) is 0 Å². The summed E-state index contributed by atoms with van der Waals surface area (Å²) in [6.07, 6.45) is 0. The fraction of sp³-hybridized carbons (Fsp3) is 0.263. The first-order valence-corrected chi connectivity index (χ1v) is 8.58. The summed E-state index contributed by atoms with van der Waals surface area (Å²) in [5, 5.41) is 6.13. The van der Waals surface area contributed by atoms with Crippen LogP contribution >= 0.6 is 11.6 Å². The van der Waals surface area contributed by atoms with Gasteiger partial charge in [0.05, 0.1) is 43.6 Å². The average Bonchev–Trinajstić information content (AvgIpc) is 2.67. The van der Waals surface area contributed by atoms with Crippen LogP contribution in [0, 0.1) is 0 Å². The minimum absolute atomic E-state index is 0.000768. The zero-order valence-corrected chi connectivity index (χ0v) is 16.1. The molecule has 144 valence electrons. The number of nitrogens with one attached hydrogen (secondary N) is 2. The molecule has 0 saturated carbocycles. The highest BCUT2D eigenvalue weighted by Gasteiger charge is 2.12. The third-order valence-electron chi connectivity index (χ3n) is 3.59. The fourth-order valence-corrected chi connectivity index (χ4v) is 2.51. The summed E-state index contributed by atoms with van der Waals surface area (Å²) in [4.78, 5) is 23.8. The molecule has 0 bridgehead atoms. The number of benzene rings is 2. The monoisotopic (exact) mass is 392 g/mol. The zero-order chi connectivity index (χ0) is 19.8. The second kappa shape index (κ2) is 9.68. The number of anilines is 2. The predicted molar refractivity (Wildman–Crippen MR) is 104 cm³/mol. The summed E-state index contributed by atoms with van der Waals surface area (Å²) in [6, 6.07) is 9.71. The van der Waals surface area contributed by atoms with Crippen LogP contribution in [0.5, 0.6) is 11.5 Å². The first-order valence-electron chi connectivity index (χ1n) is 8.21. The van der Waals surface area contributed by atoms with Crippen molar-refractivity contribution in [2.45, 2.75) is 6.92 Å². The van der Waals surface area contributed by atoms with Crippen LogP contribution in [0.1, 0.15) is 17.3 Å². The summed E-state index contributed by atoms with van der Waals surface area (Å²) >= 11 is 6.06. The van der Waals surface area contributed by atoms with Gasteiger partial charge in [-0.25, -0.2) is 4.79 Å². The molecule has 1 amide bonds. The van der Waals surface area contributed by atoms with Crippen molar-refractivity contribution < 1.29 is 23.8 Å². The molecule has 27 heavy (non-hydrogen) atoms. The molecule has 2 rings (SSSR count). The van der Waals surface area contributed by atoms with Crippen LogP contribution in [0.3, 0.4) is 0 Å². The first kappa shape index (κ1) is 20.4. The van der Waals surface area contributed by atoms with Crippen molar-refractivity contribution in [3.63, 3.8) is 0 Å². The molecular weight excluding hydrogens is 372 g/mol. The van der Waals surface area contributed by atoms with Gasteiger partial charge in [0.1, 0.15) is 11.5 Å². The van der Waals surface area contributed by atoms with Gasteiger partial charge in [-0.2, -0.15) is 0 Å². The number of amides is 1. The molecule has 2 aromatic rings. The van der Waals surface area contributed by atoms with E-state index in [0.29, 0.717) is 40.1 Å². The minimum Gasteiger partial charge on any atom is -0.495 e. The lowest BCUT2D eigenvalue weighted by Crippen LogP contribution is -2.22. The Morgan fingerprint density at radius 1 is 1.04 bits per heavy atom. The molecule has 0 spiro atoms. The maximum atomic E-state index is 12.2. The number of hydrogen-bond donors (Lipinski definition) is 2. The number of esters is 1. The van der Waals surface area contributed by atoms with Crippen molar-refractivity contribution in [3.05, 3.63) is 47.0 Å². The molecule has 0 aliphatic heterocycles. The summed E-state index contributed by atoms with van der Waals surface area (Å²) < 4.78 is 15.3. The SMILES string of the molecule is CCOC(=O)c1ccc(NC(=O)CNc2cc(OC)c(Cl)cc2OC)cc1. The van der Waals surface area contributed by atoms with Gasteiger partial charge in [-0.3, -0.25) is 4.79 Å². The number of hydrogen-bond acceptors (Lipinski definition) is 6. The van der Waals surface area contributed by atoms with Gasteiger partial charge >= 0.3 is 5.97 Å². The average molecular weight is 393 g/mol. The van der Waals surface area contributed by atoms with Gasteiger partial charge in [0, 0.05) is 17.8 Å². The maximum absolute atomic E-state index is 12.2. The molecule has 0 atom stereocenters. The number of ether oxygens (including phenoxy) is 3. The molecule has 0 aromatic heterocycles. The topological polar surface area (TPSA) is 85.9 Å². The Kier molecular flexibility index (Phi) is 7.31. The quantitative estimate of drug-likeness (QED) is 0.668. The van der Waals surface area contributed by atoms with Crippen molar-refractivity contribution in [1.29, 1.82) is 0 Å². The van der Waals surface area contributed by atoms with E-state index in [9.17, 15) is 9.59 Å². The van der Waals surface area contributed by atoms with Crippen LogP contribution in [0.25, 0.3) is 0 Å².